The summed E-state index contributed by atoms with van der Waals surface area (Å²) in [5.74, 6) is 0.0508. The predicted octanol–water partition coefficient (Wildman–Crippen LogP) is 3.00. The first-order valence-corrected chi connectivity index (χ1v) is 6.80. The van der Waals surface area contributed by atoms with E-state index in [1.165, 1.54) is 0 Å². The third kappa shape index (κ3) is 2.42. The van der Waals surface area contributed by atoms with Crippen molar-refractivity contribution >= 4 is 17.7 Å². The normalized spacial score (nSPS) is 17.1. The number of aromatic carboxylic acids is 1. The summed E-state index contributed by atoms with van der Waals surface area (Å²) in [6, 6.07) is 4.91. The summed E-state index contributed by atoms with van der Waals surface area (Å²) in [6.45, 7) is 4.18. The van der Waals surface area contributed by atoms with Crippen LogP contribution in [0.1, 0.15) is 29.8 Å². The highest BCUT2D eigenvalue weighted by Crippen LogP contribution is 2.35. The summed E-state index contributed by atoms with van der Waals surface area (Å²) >= 11 is 0. The number of carbonyl (C=O) groups is 1. The Morgan fingerprint density at radius 1 is 1.43 bits per heavy atom. The van der Waals surface area contributed by atoms with E-state index < -0.39 is 5.97 Å². The molecule has 0 amide bonds. The number of hydrogen-bond donors (Lipinski definition) is 1. The molecular weight excluding hydrogens is 268 g/mol. The summed E-state index contributed by atoms with van der Waals surface area (Å²) in [6.07, 6.45) is 7.16. The molecule has 21 heavy (non-hydrogen) atoms. The standard InChI is InChI=1S/C16H16N2O3/c1-10(2)15-13(18-6-5-17-9-18)8-12-7-11(16(19)20)3-4-14(12)21-15/h3-10,15H,1-2H3,(H,19,20). The summed E-state index contributed by atoms with van der Waals surface area (Å²) < 4.78 is 7.96. The molecule has 1 atom stereocenters. The summed E-state index contributed by atoms with van der Waals surface area (Å²) in [7, 11) is 0. The lowest BCUT2D eigenvalue weighted by Crippen LogP contribution is -2.29. The van der Waals surface area contributed by atoms with Crippen LogP contribution >= 0.6 is 0 Å². The minimum atomic E-state index is -0.943. The van der Waals surface area contributed by atoms with E-state index in [2.05, 4.69) is 18.8 Å². The van der Waals surface area contributed by atoms with Gasteiger partial charge in [-0.2, -0.15) is 0 Å². The lowest BCUT2D eigenvalue weighted by atomic mass is 9.97. The molecule has 1 aliphatic rings. The van der Waals surface area contributed by atoms with Gasteiger partial charge in [0.25, 0.3) is 0 Å². The number of fused-ring (bicyclic) bond motifs is 1. The minimum absolute atomic E-state index is 0.0950. The van der Waals surface area contributed by atoms with Crippen molar-refractivity contribution in [1.29, 1.82) is 0 Å². The molecule has 5 nitrogen and oxygen atoms in total. The van der Waals surface area contributed by atoms with Gasteiger partial charge in [-0.1, -0.05) is 13.8 Å². The Bertz CT molecular complexity index is 702. The number of aromatic nitrogens is 2. The minimum Gasteiger partial charge on any atom is -0.483 e. The highest BCUT2D eigenvalue weighted by Gasteiger charge is 2.27. The maximum Gasteiger partial charge on any atom is 0.335 e. The molecule has 5 heteroatoms. The van der Waals surface area contributed by atoms with Crippen molar-refractivity contribution in [2.75, 3.05) is 0 Å². The maximum atomic E-state index is 11.1. The van der Waals surface area contributed by atoms with Crippen molar-refractivity contribution in [3.63, 3.8) is 0 Å². The van der Waals surface area contributed by atoms with Crippen LogP contribution < -0.4 is 4.74 Å². The molecule has 108 valence electrons. The summed E-state index contributed by atoms with van der Waals surface area (Å²) in [4.78, 5) is 15.2. The molecule has 0 saturated heterocycles. The van der Waals surface area contributed by atoms with E-state index in [-0.39, 0.29) is 17.6 Å². The number of rotatable bonds is 3. The van der Waals surface area contributed by atoms with Crippen LogP contribution in [-0.4, -0.2) is 26.7 Å². The third-order valence-corrected chi connectivity index (χ3v) is 3.51. The first kappa shape index (κ1) is 13.4. The summed E-state index contributed by atoms with van der Waals surface area (Å²) in [5.41, 5.74) is 1.98. The molecule has 1 aliphatic heterocycles. The molecule has 0 fully saturated rings. The molecule has 0 saturated carbocycles. The van der Waals surface area contributed by atoms with Crippen LogP contribution in [0.15, 0.2) is 36.9 Å². The second-order valence-corrected chi connectivity index (χ2v) is 5.38. The number of nitrogens with zero attached hydrogens (tertiary/aromatic N) is 2. The van der Waals surface area contributed by atoms with Gasteiger partial charge in [-0.15, -0.1) is 0 Å². The van der Waals surface area contributed by atoms with Gasteiger partial charge in [0.1, 0.15) is 11.9 Å². The zero-order chi connectivity index (χ0) is 15.0. The van der Waals surface area contributed by atoms with E-state index in [0.29, 0.717) is 5.75 Å². The quantitative estimate of drug-likeness (QED) is 0.941. The molecule has 1 aromatic heterocycles. The molecule has 2 heterocycles. The Hall–Kier alpha value is -2.56. The first-order valence-electron chi connectivity index (χ1n) is 6.80. The van der Waals surface area contributed by atoms with Gasteiger partial charge in [0, 0.05) is 18.0 Å². The van der Waals surface area contributed by atoms with Crippen molar-refractivity contribution in [3.8, 4) is 5.75 Å². The number of carboxylic acid groups (broad SMARTS) is 1. The Balaban J connectivity index is 2.11. The lowest BCUT2D eigenvalue weighted by Gasteiger charge is -2.30. The fourth-order valence-electron chi connectivity index (χ4n) is 2.45. The monoisotopic (exact) mass is 284 g/mol. The van der Waals surface area contributed by atoms with Gasteiger partial charge in [0.15, 0.2) is 0 Å². The molecule has 0 aliphatic carbocycles. The van der Waals surface area contributed by atoms with Crippen LogP contribution in [0.25, 0.3) is 11.8 Å². The summed E-state index contributed by atoms with van der Waals surface area (Å²) in [5, 5.41) is 9.10. The predicted molar refractivity (Wildman–Crippen MR) is 79.0 cm³/mol. The molecule has 0 bridgehead atoms. The fourth-order valence-corrected chi connectivity index (χ4v) is 2.45. The van der Waals surface area contributed by atoms with Crippen molar-refractivity contribution in [2.24, 2.45) is 5.92 Å². The van der Waals surface area contributed by atoms with E-state index in [1.54, 1.807) is 30.7 Å². The van der Waals surface area contributed by atoms with Gasteiger partial charge < -0.3 is 14.4 Å². The van der Waals surface area contributed by atoms with Gasteiger partial charge in [-0.3, -0.25) is 0 Å². The lowest BCUT2D eigenvalue weighted by molar-refractivity contribution is 0.0696. The van der Waals surface area contributed by atoms with Crippen LogP contribution in [0, 0.1) is 5.92 Å². The molecular formula is C16H16N2O3. The number of ether oxygens (including phenoxy) is 1. The highest BCUT2D eigenvalue weighted by molar-refractivity contribution is 5.90. The molecule has 1 N–H and O–H groups in total. The van der Waals surface area contributed by atoms with Crippen LogP contribution in [0.2, 0.25) is 0 Å². The van der Waals surface area contributed by atoms with Crippen molar-refractivity contribution in [1.82, 2.24) is 9.55 Å². The van der Waals surface area contributed by atoms with E-state index in [0.717, 1.165) is 11.3 Å². The Kier molecular flexibility index (Phi) is 3.25. The maximum absolute atomic E-state index is 11.1. The van der Waals surface area contributed by atoms with Gasteiger partial charge in [0.2, 0.25) is 0 Å². The van der Waals surface area contributed by atoms with Crippen LogP contribution in [0.4, 0.5) is 0 Å². The van der Waals surface area contributed by atoms with Gasteiger partial charge >= 0.3 is 5.97 Å². The topological polar surface area (TPSA) is 64.3 Å². The van der Waals surface area contributed by atoms with Crippen LogP contribution in [0.3, 0.4) is 0 Å². The van der Waals surface area contributed by atoms with Gasteiger partial charge in [0.05, 0.1) is 17.6 Å². The fraction of sp³-hybridized carbons (Fsp3) is 0.250. The number of hydrogen-bond acceptors (Lipinski definition) is 3. The molecule has 2 aromatic rings. The number of carboxylic acids is 1. The highest BCUT2D eigenvalue weighted by atomic mass is 16.5. The molecule has 0 radical (unpaired) electrons. The van der Waals surface area contributed by atoms with Gasteiger partial charge in [-0.25, -0.2) is 9.78 Å². The molecule has 0 spiro atoms. The van der Waals surface area contributed by atoms with Crippen LogP contribution in [0.5, 0.6) is 5.75 Å². The van der Waals surface area contributed by atoms with Gasteiger partial charge in [-0.05, 0) is 30.2 Å². The molecule has 3 rings (SSSR count). The van der Waals surface area contributed by atoms with E-state index in [4.69, 9.17) is 9.84 Å². The number of imidazole rings is 1. The average molecular weight is 284 g/mol. The zero-order valence-electron chi connectivity index (χ0n) is 11.9. The first-order chi connectivity index (χ1) is 10.1. The largest absolute Gasteiger partial charge is 0.483 e. The smallest absolute Gasteiger partial charge is 0.335 e. The third-order valence-electron chi connectivity index (χ3n) is 3.51. The van der Waals surface area contributed by atoms with Crippen LogP contribution in [-0.2, 0) is 0 Å². The Labute approximate surface area is 122 Å². The van der Waals surface area contributed by atoms with E-state index >= 15 is 0 Å². The SMILES string of the molecule is CC(C)C1Oc2ccc(C(=O)O)cc2C=C1n1ccnc1. The van der Waals surface area contributed by atoms with Crippen molar-refractivity contribution < 1.29 is 14.6 Å². The average Bonchev–Trinajstić information content (AvgIpc) is 2.99. The zero-order valence-corrected chi connectivity index (χ0v) is 11.9. The Morgan fingerprint density at radius 3 is 2.86 bits per heavy atom. The number of benzene rings is 1. The second kappa shape index (κ2) is 5.09. The van der Waals surface area contributed by atoms with Crippen molar-refractivity contribution in [3.05, 3.63) is 48.0 Å². The second-order valence-electron chi connectivity index (χ2n) is 5.38. The van der Waals surface area contributed by atoms with Crippen molar-refractivity contribution in [2.45, 2.75) is 20.0 Å². The van der Waals surface area contributed by atoms with E-state index in [1.807, 2.05) is 16.8 Å². The molecule has 1 aromatic carbocycles. The Morgan fingerprint density at radius 2 is 2.24 bits per heavy atom. The van der Waals surface area contributed by atoms with E-state index in [9.17, 15) is 4.79 Å². The molecule has 1 unspecified atom stereocenters.